The van der Waals surface area contributed by atoms with Crippen molar-refractivity contribution in [2.24, 2.45) is 0 Å². The third-order valence-electron chi connectivity index (χ3n) is 10.6. The smallest absolute Gasteiger partial charge is 0.220 e. The van der Waals surface area contributed by atoms with E-state index in [0.29, 0.717) is 12.8 Å². The van der Waals surface area contributed by atoms with Gasteiger partial charge in [0.05, 0.1) is 18.8 Å². The standard InChI is InChI=1S/C45H89NO4/c1-3-5-7-9-11-13-15-17-19-21-22-24-25-27-29-31-33-35-37-39-43(48)45(50)42(41-47)46-44(49)40-38-36-34-32-30-28-26-23-20-18-16-14-12-10-8-6-4-2/h18,20,42-43,45,47-48,50H,3-17,19,21-41H2,1-2H3,(H,46,49)/b20-18-. The maximum absolute atomic E-state index is 12.4. The van der Waals surface area contributed by atoms with Gasteiger partial charge in [-0.05, 0) is 38.5 Å². The Bertz CT molecular complexity index is 699. The Morgan fingerprint density at radius 2 is 0.800 bits per heavy atom. The molecule has 0 saturated heterocycles. The lowest BCUT2D eigenvalue weighted by atomic mass is 9.99. The third-order valence-corrected chi connectivity index (χ3v) is 10.6. The SMILES string of the molecule is CCCCCCCC/C=C\CCCCCCCCCC(=O)NC(CO)C(O)C(O)CCCCCCCCCCCCCCCCCCCCC. The molecule has 5 nitrogen and oxygen atoms in total. The van der Waals surface area contributed by atoms with E-state index in [1.807, 2.05) is 0 Å². The predicted molar refractivity (Wildman–Crippen MR) is 218 cm³/mol. The quantitative estimate of drug-likeness (QED) is 0.0376. The minimum absolute atomic E-state index is 0.147. The Morgan fingerprint density at radius 3 is 1.16 bits per heavy atom. The van der Waals surface area contributed by atoms with E-state index in [4.69, 9.17) is 0 Å². The molecule has 0 aliphatic carbocycles. The van der Waals surface area contributed by atoms with Gasteiger partial charge in [0.1, 0.15) is 6.10 Å². The Labute approximate surface area is 312 Å². The normalized spacial score (nSPS) is 13.6. The van der Waals surface area contributed by atoms with Gasteiger partial charge in [0.2, 0.25) is 5.91 Å². The summed E-state index contributed by atoms with van der Waals surface area (Å²) < 4.78 is 0. The molecule has 0 radical (unpaired) electrons. The monoisotopic (exact) mass is 708 g/mol. The highest BCUT2D eigenvalue weighted by molar-refractivity contribution is 5.76. The zero-order valence-corrected chi connectivity index (χ0v) is 33.8. The van der Waals surface area contributed by atoms with Gasteiger partial charge in [0, 0.05) is 6.42 Å². The second-order valence-electron chi connectivity index (χ2n) is 15.6. The van der Waals surface area contributed by atoms with Gasteiger partial charge in [-0.2, -0.15) is 0 Å². The minimum Gasteiger partial charge on any atom is -0.394 e. The highest BCUT2D eigenvalue weighted by Crippen LogP contribution is 2.17. The Hall–Kier alpha value is -0.910. The molecule has 0 aromatic heterocycles. The number of aliphatic hydroxyl groups excluding tert-OH is 3. The average molecular weight is 708 g/mol. The first-order valence-electron chi connectivity index (χ1n) is 22.5. The Balaban J connectivity index is 3.60. The van der Waals surface area contributed by atoms with E-state index in [9.17, 15) is 20.1 Å². The third kappa shape index (κ3) is 35.5. The van der Waals surface area contributed by atoms with Gasteiger partial charge in [-0.3, -0.25) is 4.79 Å². The van der Waals surface area contributed by atoms with E-state index in [2.05, 4.69) is 31.3 Å². The molecule has 0 bridgehead atoms. The molecule has 0 aromatic rings. The maximum Gasteiger partial charge on any atom is 0.220 e. The first-order valence-corrected chi connectivity index (χ1v) is 22.5. The zero-order valence-electron chi connectivity index (χ0n) is 33.8. The first kappa shape index (κ1) is 49.1. The molecule has 0 spiro atoms. The molecule has 0 saturated carbocycles. The molecule has 0 aliphatic heterocycles. The van der Waals surface area contributed by atoms with Crippen LogP contribution in [0.2, 0.25) is 0 Å². The van der Waals surface area contributed by atoms with Crippen molar-refractivity contribution in [3.63, 3.8) is 0 Å². The second kappa shape index (κ2) is 40.9. The van der Waals surface area contributed by atoms with Crippen LogP contribution in [-0.2, 0) is 4.79 Å². The summed E-state index contributed by atoms with van der Waals surface area (Å²) in [6.07, 6.45) is 47.4. The number of amides is 1. The van der Waals surface area contributed by atoms with Crippen LogP contribution in [0.5, 0.6) is 0 Å². The Kier molecular flexibility index (Phi) is 40.1. The molecule has 298 valence electrons. The van der Waals surface area contributed by atoms with Crippen LogP contribution in [0.1, 0.15) is 245 Å². The van der Waals surface area contributed by atoms with Gasteiger partial charge < -0.3 is 20.6 Å². The van der Waals surface area contributed by atoms with Gasteiger partial charge >= 0.3 is 0 Å². The van der Waals surface area contributed by atoms with E-state index in [1.54, 1.807) is 0 Å². The van der Waals surface area contributed by atoms with Crippen molar-refractivity contribution in [3.8, 4) is 0 Å². The maximum atomic E-state index is 12.4. The molecule has 3 unspecified atom stereocenters. The second-order valence-corrected chi connectivity index (χ2v) is 15.6. The fourth-order valence-electron chi connectivity index (χ4n) is 7.10. The van der Waals surface area contributed by atoms with Crippen molar-refractivity contribution in [2.75, 3.05) is 6.61 Å². The lowest BCUT2D eigenvalue weighted by Crippen LogP contribution is -2.50. The molecule has 1 amide bonds. The Morgan fingerprint density at radius 1 is 0.480 bits per heavy atom. The molecule has 3 atom stereocenters. The van der Waals surface area contributed by atoms with E-state index in [1.165, 1.54) is 180 Å². The van der Waals surface area contributed by atoms with E-state index in [-0.39, 0.29) is 12.5 Å². The minimum atomic E-state index is -1.13. The number of carbonyl (C=O) groups excluding carboxylic acids is 1. The number of hydrogen-bond donors (Lipinski definition) is 4. The summed E-state index contributed by atoms with van der Waals surface area (Å²) in [6, 6.07) is -0.808. The topological polar surface area (TPSA) is 89.8 Å². The van der Waals surface area contributed by atoms with Crippen molar-refractivity contribution in [3.05, 3.63) is 12.2 Å². The van der Waals surface area contributed by atoms with Gasteiger partial charge in [-0.25, -0.2) is 0 Å². The van der Waals surface area contributed by atoms with Crippen LogP contribution >= 0.6 is 0 Å². The van der Waals surface area contributed by atoms with Gasteiger partial charge in [-0.15, -0.1) is 0 Å². The molecular formula is C45H89NO4. The van der Waals surface area contributed by atoms with Gasteiger partial charge in [-0.1, -0.05) is 212 Å². The molecule has 5 heteroatoms. The summed E-state index contributed by atoms with van der Waals surface area (Å²) in [7, 11) is 0. The van der Waals surface area contributed by atoms with Crippen LogP contribution < -0.4 is 5.32 Å². The summed E-state index contributed by atoms with van der Waals surface area (Å²) in [5, 5.41) is 33.6. The summed E-state index contributed by atoms with van der Waals surface area (Å²) in [5.41, 5.74) is 0. The lowest BCUT2D eigenvalue weighted by molar-refractivity contribution is -0.124. The van der Waals surface area contributed by atoms with Crippen LogP contribution in [0.4, 0.5) is 0 Å². The lowest BCUT2D eigenvalue weighted by Gasteiger charge is -2.26. The molecule has 0 fully saturated rings. The highest BCUT2D eigenvalue weighted by Gasteiger charge is 2.26. The fraction of sp³-hybridized carbons (Fsp3) is 0.933. The van der Waals surface area contributed by atoms with Crippen molar-refractivity contribution in [1.82, 2.24) is 5.32 Å². The predicted octanol–water partition coefficient (Wildman–Crippen LogP) is 12.8. The van der Waals surface area contributed by atoms with Crippen LogP contribution in [0.3, 0.4) is 0 Å². The molecule has 0 aliphatic rings. The summed E-state index contributed by atoms with van der Waals surface area (Å²) >= 11 is 0. The molecule has 4 N–H and O–H groups in total. The molecule has 0 rings (SSSR count). The number of allylic oxidation sites excluding steroid dienone is 2. The van der Waals surface area contributed by atoms with Crippen molar-refractivity contribution in [2.45, 2.75) is 263 Å². The largest absolute Gasteiger partial charge is 0.394 e. The number of rotatable bonds is 41. The van der Waals surface area contributed by atoms with E-state index >= 15 is 0 Å². The number of nitrogens with one attached hydrogen (secondary N) is 1. The van der Waals surface area contributed by atoms with Crippen molar-refractivity contribution < 1.29 is 20.1 Å². The van der Waals surface area contributed by atoms with Crippen LogP contribution in [0, 0.1) is 0 Å². The van der Waals surface area contributed by atoms with Crippen molar-refractivity contribution in [1.29, 1.82) is 0 Å². The van der Waals surface area contributed by atoms with Crippen molar-refractivity contribution >= 4 is 5.91 Å². The number of unbranched alkanes of at least 4 members (excludes halogenated alkanes) is 31. The van der Waals surface area contributed by atoms with Gasteiger partial charge in [0.25, 0.3) is 0 Å². The molecule has 0 heterocycles. The molecule has 0 aromatic carbocycles. The molecular weight excluding hydrogens is 618 g/mol. The van der Waals surface area contributed by atoms with Crippen LogP contribution in [0.15, 0.2) is 12.2 Å². The summed E-state index contributed by atoms with van der Waals surface area (Å²) in [6.45, 7) is 4.19. The number of carbonyl (C=O) groups is 1. The van der Waals surface area contributed by atoms with Gasteiger partial charge in [0.15, 0.2) is 0 Å². The number of hydrogen-bond acceptors (Lipinski definition) is 4. The summed E-state index contributed by atoms with van der Waals surface area (Å²) in [5.74, 6) is -0.147. The van der Waals surface area contributed by atoms with Crippen LogP contribution in [-0.4, -0.2) is 46.1 Å². The van der Waals surface area contributed by atoms with Crippen LogP contribution in [0.25, 0.3) is 0 Å². The highest BCUT2D eigenvalue weighted by atomic mass is 16.3. The summed E-state index contributed by atoms with van der Waals surface area (Å²) in [4.78, 5) is 12.4. The zero-order chi connectivity index (χ0) is 36.6. The number of aliphatic hydroxyl groups is 3. The average Bonchev–Trinajstić information content (AvgIpc) is 3.12. The fourth-order valence-corrected chi connectivity index (χ4v) is 7.10. The van der Waals surface area contributed by atoms with E-state index in [0.717, 1.165) is 38.5 Å². The molecule has 50 heavy (non-hydrogen) atoms. The first-order chi connectivity index (χ1) is 24.6. The van der Waals surface area contributed by atoms with E-state index < -0.39 is 18.2 Å².